The lowest BCUT2D eigenvalue weighted by Gasteiger charge is -2.13. The van der Waals surface area contributed by atoms with Crippen LogP contribution in [0.3, 0.4) is 0 Å². The summed E-state index contributed by atoms with van der Waals surface area (Å²) in [5, 5.41) is 0. The van der Waals surface area contributed by atoms with Crippen LogP contribution in [0.2, 0.25) is 0 Å². The van der Waals surface area contributed by atoms with E-state index in [1.54, 1.807) is 7.11 Å². The Morgan fingerprint density at radius 1 is 1.00 bits per heavy atom. The number of hydrogen-bond donors (Lipinski definition) is 1. The molecule has 0 aliphatic heterocycles. The van der Waals surface area contributed by atoms with Crippen LogP contribution >= 0.6 is 0 Å². The van der Waals surface area contributed by atoms with E-state index in [4.69, 9.17) is 15.2 Å². The van der Waals surface area contributed by atoms with Crippen LogP contribution in [0.4, 0.5) is 0 Å². The monoisotopic (exact) mass is 271 g/mol. The van der Waals surface area contributed by atoms with Crippen molar-refractivity contribution in [2.45, 2.75) is 27.0 Å². The van der Waals surface area contributed by atoms with Crippen molar-refractivity contribution in [1.82, 2.24) is 0 Å². The normalized spacial score (nSPS) is 10.4. The lowest BCUT2D eigenvalue weighted by atomic mass is 10.1. The van der Waals surface area contributed by atoms with Crippen LogP contribution in [0.15, 0.2) is 36.4 Å². The van der Waals surface area contributed by atoms with Gasteiger partial charge in [0.2, 0.25) is 0 Å². The SMILES string of the molecule is COc1cc(CN)ccc1OCc1cc(C)ccc1C. The summed E-state index contributed by atoms with van der Waals surface area (Å²) < 4.78 is 11.2. The van der Waals surface area contributed by atoms with Crippen LogP contribution in [0.5, 0.6) is 11.5 Å². The van der Waals surface area contributed by atoms with Gasteiger partial charge in [0, 0.05) is 6.54 Å². The first kappa shape index (κ1) is 14.4. The molecule has 2 aromatic rings. The highest BCUT2D eigenvalue weighted by Crippen LogP contribution is 2.29. The van der Waals surface area contributed by atoms with Gasteiger partial charge in [-0.25, -0.2) is 0 Å². The molecule has 2 aromatic carbocycles. The standard InChI is InChI=1S/C17H21NO2/c1-12-4-5-13(2)15(8-12)11-20-16-7-6-14(10-18)9-17(16)19-3/h4-9H,10-11,18H2,1-3H3. The molecule has 0 saturated carbocycles. The van der Waals surface area contributed by atoms with Crippen LogP contribution in [0, 0.1) is 13.8 Å². The molecule has 20 heavy (non-hydrogen) atoms. The van der Waals surface area contributed by atoms with E-state index in [0.717, 1.165) is 17.1 Å². The Balaban J connectivity index is 2.16. The Labute approximate surface area is 120 Å². The van der Waals surface area contributed by atoms with Crippen LogP contribution in [0.1, 0.15) is 22.3 Å². The maximum Gasteiger partial charge on any atom is 0.161 e. The summed E-state index contributed by atoms with van der Waals surface area (Å²) in [6.07, 6.45) is 0. The molecule has 2 N–H and O–H groups in total. The third kappa shape index (κ3) is 3.31. The molecule has 2 rings (SSSR count). The Kier molecular flexibility index (Phi) is 4.64. The first-order valence-electron chi connectivity index (χ1n) is 6.70. The molecule has 0 heterocycles. The number of nitrogens with two attached hydrogens (primary N) is 1. The number of rotatable bonds is 5. The van der Waals surface area contributed by atoms with Crippen molar-refractivity contribution < 1.29 is 9.47 Å². The fourth-order valence-corrected chi connectivity index (χ4v) is 2.07. The van der Waals surface area contributed by atoms with E-state index >= 15 is 0 Å². The van der Waals surface area contributed by atoms with Crippen molar-refractivity contribution in [3.63, 3.8) is 0 Å². The molecule has 0 atom stereocenters. The fourth-order valence-electron chi connectivity index (χ4n) is 2.07. The van der Waals surface area contributed by atoms with Gasteiger partial charge < -0.3 is 15.2 Å². The molecule has 0 saturated heterocycles. The van der Waals surface area contributed by atoms with Crippen LogP contribution in [-0.4, -0.2) is 7.11 Å². The van der Waals surface area contributed by atoms with Gasteiger partial charge >= 0.3 is 0 Å². The van der Waals surface area contributed by atoms with Gasteiger partial charge in [-0.15, -0.1) is 0 Å². The molecule has 0 radical (unpaired) electrons. The summed E-state index contributed by atoms with van der Waals surface area (Å²) in [7, 11) is 1.64. The van der Waals surface area contributed by atoms with Gasteiger partial charge in [-0.1, -0.05) is 29.8 Å². The summed E-state index contributed by atoms with van der Waals surface area (Å²) in [5.74, 6) is 1.46. The number of ether oxygens (including phenoxy) is 2. The number of hydrogen-bond acceptors (Lipinski definition) is 3. The van der Waals surface area contributed by atoms with Crippen molar-refractivity contribution in [1.29, 1.82) is 0 Å². The highest BCUT2D eigenvalue weighted by atomic mass is 16.5. The van der Waals surface area contributed by atoms with Gasteiger partial charge in [0.15, 0.2) is 11.5 Å². The van der Waals surface area contributed by atoms with Crippen LogP contribution in [0.25, 0.3) is 0 Å². The molecule has 0 aliphatic carbocycles. The topological polar surface area (TPSA) is 44.5 Å². The average Bonchev–Trinajstić information content (AvgIpc) is 2.48. The van der Waals surface area contributed by atoms with Crippen molar-refractivity contribution in [3.8, 4) is 11.5 Å². The minimum absolute atomic E-state index is 0.494. The predicted octanol–water partition coefficient (Wildman–Crippen LogP) is 3.35. The van der Waals surface area contributed by atoms with Crippen molar-refractivity contribution in [3.05, 3.63) is 58.7 Å². The molecular formula is C17H21NO2. The van der Waals surface area contributed by atoms with Gasteiger partial charge in [-0.2, -0.15) is 0 Å². The summed E-state index contributed by atoms with van der Waals surface area (Å²) >= 11 is 0. The Morgan fingerprint density at radius 2 is 1.80 bits per heavy atom. The van der Waals surface area contributed by atoms with E-state index < -0.39 is 0 Å². The Hall–Kier alpha value is -2.00. The average molecular weight is 271 g/mol. The fraction of sp³-hybridized carbons (Fsp3) is 0.294. The molecular weight excluding hydrogens is 250 g/mol. The Bertz CT molecular complexity index is 594. The van der Waals surface area contributed by atoms with E-state index in [1.807, 2.05) is 18.2 Å². The quantitative estimate of drug-likeness (QED) is 0.907. The van der Waals surface area contributed by atoms with E-state index in [1.165, 1.54) is 16.7 Å². The molecule has 3 heteroatoms. The lowest BCUT2D eigenvalue weighted by molar-refractivity contribution is 0.283. The van der Waals surface area contributed by atoms with E-state index in [0.29, 0.717) is 13.2 Å². The summed E-state index contributed by atoms with van der Waals surface area (Å²) in [4.78, 5) is 0. The van der Waals surface area contributed by atoms with Crippen molar-refractivity contribution in [2.75, 3.05) is 7.11 Å². The van der Waals surface area contributed by atoms with Gasteiger partial charge in [-0.3, -0.25) is 0 Å². The number of benzene rings is 2. The lowest BCUT2D eigenvalue weighted by Crippen LogP contribution is -2.02. The second kappa shape index (κ2) is 6.44. The first-order valence-corrected chi connectivity index (χ1v) is 6.70. The van der Waals surface area contributed by atoms with E-state index in [9.17, 15) is 0 Å². The van der Waals surface area contributed by atoms with Gasteiger partial charge in [0.1, 0.15) is 6.61 Å². The highest BCUT2D eigenvalue weighted by Gasteiger charge is 2.07. The zero-order valence-corrected chi connectivity index (χ0v) is 12.3. The van der Waals surface area contributed by atoms with E-state index in [-0.39, 0.29) is 0 Å². The van der Waals surface area contributed by atoms with Gasteiger partial charge in [0.25, 0.3) is 0 Å². The third-order valence-electron chi connectivity index (χ3n) is 3.35. The minimum Gasteiger partial charge on any atom is -0.493 e. The summed E-state index contributed by atoms with van der Waals surface area (Å²) in [6, 6.07) is 12.2. The van der Waals surface area contributed by atoms with Crippen molar-refractivity contribution >= 4 is 0 Å². The molecule has 0 fully saturated rings. The first-order chi connectivity index (χ1) is 9.63. The number of aryl methyl sites for hydroxylation is 2. The summed E-state index contributed by atoms with van der Waals surface area (Å²) in [5.41, 5.74) is 10.3. The molecule has 0 aliphatic rings. The molecule has 0 bridgehead atoms. The number of methoxy groups -OCH3 is 1. The Morgan fingerprint density at radius 3 is 2.50 bits per heavy atom. The van der Waals surface area contributed by atoms with Crippen LogP contribution in [-0.2, 0) is 13.2 Å². The predicted molar refractivity (Wildman–Crippen MR) is 81.1 cm³/mol. The molecule has 3 nitrogen and oxygen atoms in total. The highest BCUT2D eigenvalue weighted by molar-refractivity contribution is 5.43. The smallest absolute Gasteiger partial charge is 0.161 e. The zero-order chi connectivity index (χ0) is 14.5. The zero-order valence-electron chi connectivity index (χ0n) is 12.3. The maximum atomic E-state index is 5.88. The molecule has 0 unspecified atom stereocenters. The maximum absolute atomic E-state index is 5.88. The van der Waals surface area contributed by atoms with Crippen molar-refractivity contribution in [2.24, 2.45) is 5.73 Å². The van der Waals surface area contributed by atoms with Crippen LogP contribution < -0.4 is 15.2 Å². The second-order valence-electron chi connectivity index (χ2n) is 4.91. The molecule has 106 valence electrons. The largest absolute Gasteiger partial charge is 0.493 e. The van der Waals surface area contributed by atoms with Gasteiger partial charge in [0.05, 0.1) is 7.11 Å². The molecule has 0 aromatic heterocycles. The van der Waals surface area contributed by atoms with Gasteiger partial charge in [-0.05, 0) is 42.7 Å². The molecule has 0 amide bonds. The molecule has 0 spiro atoms. The minimum atomic E-state index is 0.494. The second-order valence-corrected chi connectivity index (χ2v) is 4.91. The van der Waals surface area contributed by atoms with E-state index in [2.05, 4.69) is 32.0 Å². The summed E-state index contributed by atoms with van der Waals surface area (Å²) in [6.45, 7) is 5.20. The third-order valence-corrected chi connectivity index (χ3v) is 3.35.